The highest BCUT2D eigenvalue weighted by molar-refractivity contribution is 5.94. The first-order valence-electron chi connectivity index (χ1n) is 13.6. The van der Waals surface area contributed by atoms with Crippen LogP contribution < -0.4 is 10.2 Å². The van der Waals surface area contributed by atoms with Gasteiger partial charge >= 0.3 is 0 Å². The lowest BCUT2D eigenvalue weighted by atomic mass is 10.0. The first-order chi connectivity index (χ1) is 19.6. The quantitative estimate of drug-likeness (QED) is 0.126. The summed E-state index contributed by atoms with van der Waals surface area (Å²) in [5, 5.41) is 8.60. The van der Waals surface area contributed by atoms with Gasteiger partial charge in [-0.25, -0.2) is 5.48 Å². The van der Waals surface area contributed by atoms with Crippen LogP contribution in [0.25, 0.3) is 11.1 Å². The van der Waals surface area contributed by atoms with E-state index in [9.17, 15) is 9.59 Å². The predicted octanol–water partition coefficient (Wildman–Crippen LogP) is 6.04. The number of aromatic nitrogens is 1. The maximum atomic E-state index is 13.8. The Balaban J connectivity index is 1.51. The van der Waals surface area contributed by atoms with Crippen molar-refractivity contribution in [2.75, 3.05) is 6.61 Å². The summed E-state index contributed by atoms with van der Waals surface area (Å²) in [5.41, 5.74) is 5.57. The highest BCUT2D eigenvalue weighted by atomic mass is 16.5. The predicted molar refractivity (Wildman–Crippen MR) is 150 cm³/mol. The van der Waals surface area contributed by atoms with Crippen LogP contribution in [-0.2, 0) is 17.9 Å². The van der Waals surface area contributed by atoms with E-state index in [4.69, 9.17) is 11.3 Å². The third-order valence-corrected chi connectivity index (χ3v) is 6.24. The fraction of sp³-hybridized carbons (Fsp3) is 0.219. The van der Waals surface area contributed by atoms with Crippen LogP contribution in [0.1, 0.15) is 48.5 Å². The molecule has 0 aliphatic rings. The molecule has 200 valence electrons. The van der Waals surface area contributed by atoms with Crippen LogP contribution in [-0.4, -0.2) is 33.5 Å². The van der Waals surface area contributed by atoms with Crippen molar-refractivity contribution < 1.29 is 20.9 Å². The zero-order valence-electron chi connectivity index (χ0n) is 22.7. The van der Waals surface area contributed by atoms with Crippen molar-refractivity contribution in [1.29, 1.82) is 0 Å². The number of rotatable bonds is 13. The molecule has 0 fully saturated rings. The van der Waals surface area contributed by atoms with Gasteiger partial charge in [-0.05, 0) is 60.2 Å². The monoisotopic (exact) mass is 524 g/mol. The minimum Gasteiger partial charge on any atom is -0.493 e. The minimum atomic E-state index is -0.919. The van der Waals surface area contributed by atoms with Crippen molar-refractivity contribution in [3.8, 4) is 16.9 Å². The third kappa shape index (κ3) is 8.25. The normalized spacial score (nSPS) is 11.8. The molecule has 0 radical (unpaired) electrons. The molecule has 0 aliphatic carbocycles. The van der Waals surface area contributed by atoms with Crippen molar-refractivity contribution in [2.24, 2.45) is 0 Å². The van der Waals surface area contributed by atoms with Crippen molar-refractivity contribution in [3.63, 3.8) is 0 Å². The van der Waals surface area contributed by atoms with Gasteiger partial charge in [0.25, 0.3) is 5.91 Å². The number of hydroxylamine groups is 1. The number of pyridine rings is 1. The average Bonchev–Trinajstić information content (AvgIpc) is 3.02. The fourth-order valence-electron chi connectivity index (χ4n) is 4.16. The number of hydrogen-bond donors (Lipinski definition) is 2. The van der Waals surface area contributed by atoms with E-state index in [1.807, 2.05) is 78.9 Å². The maximum absolute atomic E-state index is 13.8. The fourth-order valence-corrected chi connectivity index (χ4v) is 4.16. The van der Waals surface area contributed by atoms with E-state index >= 15 is 0 Å². The molecule has 39 heavy (non-hydrogen) atoms. The standard InChI is InChI=1S/C32H33N3O4/c36-31(34-38)15-5-2-8-21-39-30-14-7-6-12-29(30)24-35(23-25-10-3-1-4-11-25)32(37)27-18-16-26(17-19-27)28-13-9-20-33-22-28/h1,3-4,6-7,9-14,16-20,22,38H,2,5,8,15,21,23-24H2,(H,34,36)/i23D. The van der Waals surface area contributed by atoms with Crippen LogP contribution in [0.5, 0.6) is 5.75 Å². The largest absolute Gasteiger partial charge is 0.493 e. The Morgan fingerprint density at radius 1 is 0.872 bits per heavy atom. The Morgan fingerprint density at radius 2 is 1.64 bits per heavy atom. The number of nitrogens with one attached hydrogen (secondary N) is 1. The lowest BCUT2D eigenvalue weighted by Gasteiger charge is -2.24. The molecule has 4 rings (SSSR count). The molecule has 0 saturated carbocycles. The molecule has 2 N–H and O–H groups in total. The van der Waals surface area contributed by atoms with Crippen LogP contribution in [0.3, 0.4) is 0 Å². The molecular weight excluding hydrogens is 490 g/mol. The molecule has 2 amide bonds. The summed E-state index contributed by atoms with van der Waals surface area (Å²) < 4.78 is 15.1. The lowest BCUT2D eigenvalue weighted by Crippen LogP contribution is -2.30. The first-order valence-corrected chi connectivity index (χ1v) is 13.0. The molecule has 1 aromatic heterocycles. The maximum Gasteiger partial charge on any atom is 0.254 e. The second kappa shape index (κ2) is 14.4. The van der Waals surface area contributed by atoms with Crippen LogP contribution in [0.2, 0.25) is 0 Å². The molecule has 4 aromatic rings. The SMILES string of the molecule is [2H]C(c1ccccc1)N(Cc1ccccc1OCCCCCC(=O)NO)C(=O)c1ccc(-c2cccnc2)cc1. The molecule has 0 aliphatic heterocycles. The summed E-state index contributed by atoms with van der Waals surface area (Å²) in [4.78, 5) is 30.7. The molecule has 1 atom stereocenters. The molecule has 0 spiro atoms. The summed E-state index contributed by atoms with van der Waals surface area (Å²) >= 11 is 0. The van der Waals surface area contributed by atoms with Gasteiger partial charge in [-0.1, -0.05) is 66.7 Å². The van der Waals surface area contributed by atoms with E-state index in [2.05, 4.69) is 4.98 Å². The molecular formula is C32H33N3O4. The van der Waals surface area contributed by atoms with Gasteiger partial charge in [0.15, 0.2) is 0 Å². The van der Waals surface area contributed by atoms with E-state index in [0.717, 1.165) is 29.5 Å². The minimum absolute atomic E-state index is 0.194. The number of ether oxygens (including phenoxy) is 1. The van der Waals surface area contributed by atoms with Crippen LogP contribution in [0.15, 0.2) is 103 Å². The van der Waals surface area contributed by atoms with Gasteiger partial charge in [0.05, 0.1) is 7.98 Å². The number of para-hydroxylation sites is 1. The Hall–Kier alpha value is -4.49. The summed E-state index contributed by atoms with van der Waals surface area (Å²) in [6.45, 7) is -0.277. The van der Waals surface area contributed by atoms with Gasteiger partial charge < -0.3 is 9.64 Å². The van der Waals surface area contributed by atoms with E-state index in [1.54, 1.807) is 34.9 Å². The molecule has 0 saturated heterocycles. The number of nitrogens with zero attached hydrogens (tertiary/aromatic N) is 2. The van der Waals surface area contributed by atoms with Crippen LogP contribution in [0.4, 0.5) is 0 Å². The van der Waals surface area contributed by atoms with Crippen LogP contribution >= 0.6 is 0 Å². The Bertz CT molecular complexity index is 1370. The van der Waals surface area contributed by atoms with Crippen molar-refractivity contribution in [1.82, 2.24) is 15.4 Å². The van der Waals surface area contributed by atoms with Crippen molar-refractivity contribution >= 4 is 11.8 Å². The number of unbranched alkanes of at least 4 members (excludes halogenated alkanes) is 2. The summed E-state index contributed by atoms with van der Waals surface area (Å²) in [7, 11) is 0. The van der Waals surface area contributed by atoms with Crippen molar-refractivity contribution in [3.05, 3.63) is 120 Å². The summed E-state index contributed by atoms with van der Waals surface area (Å²) in [5.74, 6) is 0.00485. The van der Waals surface area contributed by atoms with E-state index in [1.165, 1.54) is 0 Å². The summed E-state index contributed by atoms with van der Waals surface area (Å²) in [6.07, 6.45) is 5.93. The molecule has 7 nitrogen and oxygen atoms in total. The zero-order chi connectivity index (χ0) is 28.2. The number of amides is 2. The highest BCUT2D eigenvalue weighted by Gasteiger charge is 2.19. The Morgan fingerprint density at radius 3 is 2.38 bits per heavy atom. The van der Waals surface area contributed by atoms with E-state index < -0.39 is 12.4 Å². The molecule has 1 heterocycles. The Kier molecular flexibility index (Phi) is 9.68. The van der Waals surface area contributed by atoms with E-state index in [-0.39, 0.29) is 18.9 Å². The topological polar surface area (TPSA) is 91.8 Å². The molecule has 0 bridgehead atoms. The highest BCUT2D eigenvalue weighted by Crippen LogP contribution is 2.24. The molecule has 3 aromatic carbocycles. The lowest BCUT2D eigenvalue weighted by molar-refractivity contribution is -0.129. The van der Waals surface area contributed by atoms with Gasteiger partial charge in [0, 0.05) is 43.0 Å². The number of benzene rings is 3. The first kappa shape index (κ1) is 26.1. The smallest absolute Gasteiger partial charge is 0.254 e. The number of carbonyl (C=O) groups excluding carboxylic acids is 2. The van der Waals surface area contributed by atoms with Gasteiger partial charge in [-0.3, -0.25) is 19.8 Å². The number of carbonyl (C=O) groups is 2. The van der Waals surface area contributed by atoms with Crippen molar-refractivity contribution in [2.45, 2.75) is 38.7 Å². The van der Waals surface area contributed by atoms with Gasteiger partial charge in [0.1, 0.15) is 5.75 Å². The third-order valence-electron chi connectivity index (χ3n) is 6.24. The second-order valence-electron chi connectivity index (χ2n) is 9.09. The molecule has 7 heteroatoms. The van der Waals surface area contributed by atoms with E-state index in [0.29, 0.717) is 29.9 Å². The van der Waals surface area contributed by atoms with Gasteiger partial charge in [-0.2, -0.15) is 0 Å². The molecule has 1 unspecified atom stereocenters. The zero-order valence-corrected chi connectivity index (χ0v) is 21.7. The average molecular weight is 525 g/mol. The number of hydrogen-bond acceptors (Lipinski definition) is 5. The Labute approximate surface area is 230 Å². The second-order valence-corrected chi connectivity index (χ2v) is 9.09. The van der Waals surface area contributed by atoms with Crippen LogP contribution in [0, 0.1) is 0 Å². The van der Waals surface area contributed by atoms with Gasteiger partial charge in [-0.15, -0.1) is 0 Å². The van der Waals surface area contributed by atoms with Gasteiger partial charge in [0.2, 0.25) is 5.91 Å². The summed E-state index contributed by atoms with van der Waals surface area (Å²) in [6, 6.07) is 28.1.